The number of nitrogens with zero attached hydrogens (tertiary/aromatic N) is 4. The molecule has 3 heterocycles. The molecule has 0 unspecified atom stereocenters. The van der Waals surface area contributed by atoms with Crippen molar-refractivity contribution in [3.63, 3.8) is 0 Å². The van der Waals surface area contributed by atoms with E-state index in [1.807, 2.05) is 17.9 Å². The zero-order valence-electron chi connectivity index (χ0n) is 17.0. The van der Waals surface area contributed by atoms with Gasteiger partial charge in [0.15, 0.2) is 0 Å². The van der Waals surface area contributed by atoms with Gasteiger partial charge in [0, 0.05) is 31.9 Å². The number of carbonyl (C=O) groups is 1. The molecule has 150 valence electrons. The average Bonchev–Trinajstić information content (AvgIpc) is 3.48. The third kappa shape index (κ3) is 3.71. The van der Waals surface area contributed by atoms with Crippen molar-refractivity contribution in [3.05, 3.63) is 53.2 Å². The van der Waals surface area contributed by atoms with E-state index in [9.17, 15) is 4.79 Å². The van der Waals surface area contributed by atoms with Gasteiger partial charge in [-0.2, -0.15) is 4.98 Å². The van der Waals surface area contributed by atoms with Gasteiger partial charge in [0.25, 0.3) is 6.01 Å². The largest absolute Gasteiger partial charge is 0.404 e. The van der Waals surface area contributed by atoms with Crippen LogP contribution in [0.25, 0.3) is 11.2 Å². The number of benzene rings is 1. The Kier molecular flexibility index (Phi) is 4.49. The molecule has 0 radical (unpaired) electrons. The quantitative estimate of drug-likeness (QED) is 0.680. The second-order valence-corrected chi connectivity index (χ2v) is 8.41. The summed E-state index contributed by atoms with van der Waals surface area (Å²) < 4.78 is 5.86. The maximum absolute atomic E-state index is 12.8. The first kappa shape index (κ1) is 18.2. The molecule has 2 aliphatic rings. The van der Waals surface area contributed by atoms with Gasteiger partial charge in [0.05, 0.1) is 6.42 Å². The second-order valence-electron chi connectivity index (χ2n) is 8.41. The van der Waals surface area contributed by atoms with Gasteiger partial charge >= 0.3 is 0 Å². The van der Waals surface area contributed by atoms with Crippen LogP contribution in [0.4, 0.5) is 6.01 Å². The topological polar surface area (TPSA) is 62.5 Å². The molecular weight excluding hydrogens is 364 g/mol. The smallest absolute Gasteiger partial charge is 0.300 e. The van der Waals surface area contributed by atoms with Gasteiger partial charge in [-0.15, -0.1) is 0 Å². The van der Waals surface area contributed by atoms with Crippen molar-refractivity contribution in [2.24, 2.45) is 0 Å². The van der Waals surface area contributed by atoms with Crippen LogP contribution in [-0.2, 0) is 11.2 Å². The SMILES string of the molecule is Cc1cnc2oc(N3CCN(C(=O)Cc4ccc(C5CC5)cc4)C[C@@H]3C)nc2c1. The van der Waals surface area contributed by atoms with E-state index in [2.05, 4.69) is 46.1 Å². The van der Waals surface area contributed by atoms with Crippen LogP contribution < -0.4 is 4.90 Å². The first-order valence-electron chi connectivity index (χ1n) is 10.4. The summed E-state index contributed by atoms with van der Waals surface area (Å²) in [5, 5.41) is 0. The highest BCUT2D eigenvalue weighted by atomic mass is 16.4. The molecule has 2 aromatic heterocycles. The number of carbonyl (C=O) groups excluding carboxylic acids is 1. The fourth-order valence-electron chi connectivity index (χ4n) is 4.11. The molecule has 6 nitrogen and oxygen atoms in total. The lowest BCUT2D eigenvalue weighted by molar-refractivity contribution is -0.131. The molecular formula is C23H26N4O2. The van der Waals surface area contributed by atoms with Crippen molar-refractivity contribution in [1.29, 1.82) is 0 Å². The number of anilines is 1. The van der Waals surface area contributed by atoms with Crippen LogP contribution >= 0.6 is 0 Å². The van der Waals surface area contributed by atoms with E-state index in [-0.39, 0.29) is 11.9 Å². The number of oxazole rings is 1. The summed E-state index contributed by atoms with van der Waals surface area (Å²) in [6.07, 6.45) is 4.85. The summed E-state index contributed by atoms with van der Waals surface area (Å²) in [6.45, 7) is 6.16. The fourth-order valence-corrected chi connectivity index (χ4v) is 4.11. The lowest BCUT2D eigenvalue weighted by Gasteiger charge is -2.39. The molecule has 1 aromatic carbocycles. The maximum atomic E-state index is 12.8. The van der Waals surface area contributed by atoms with Crippen LogP contribution in [0.2, 0.25) is 0 Å². The third-order valence-electron chi connectivity index (χ3n) is 5.98. The Bertz CT molecular complexity index is 1040. The van der Waals surface area contributed by atoms with E-state index in [4.69, 9.17) is 4.42 Å². The molecule has 1 amide bonds. The van der Waals surface area contributed by atoms with Gasteiger partial charge in [-0.25, -0.2) is 4.98 Å². The number of pyridine rings is 1. The average molecular weight is 390 g/mol. The van der Waals surface area contributed by atoms with Crippen molar-refractivity contribution in [3.8, 4) is 0 Å². The van der Waals surface area contributed by atoms with E-state index >= 15 is 0 Å². The van der Waals surface area contributed by atoms with Crippen LogP contribution in [0.15, 0.2) is 40.9 Å². The molecule has 1 aliphatic carbocycles. The van der Waals surface area contributed by atoms with Crippen LogP contribution in [0, 0.1) is 6.92 Å². The van der Waals surface area contributed by atoms with Gasteiger partial charge in [0.1, 0.15) is 5.52 Å². The number of hydrogen-bond donors (Lipinski definition) is 0. The predicted octanol–water partition coefficient (Wildman–Crippen LogP) is 3.69. The Morgan fingerprint density at radius 3 is 2.72 bits per heavy atom. The van der Waals surface area contributed by atoms with Crippen LogP contribution in [-0.4, -0.2) is 46.5 Å². The Balaban J connectivity index is 1.23. The van der Waals surface area contributed by atoms with Crippen molar-refractivity contribution < 1.29 is 9.21 Å². The number of rotatable bonds is 4. The Morgan fingerprint density at radius 2 is 2.00 bits per heavy atom. The zero-order valence-corrected chi connectivity index (χ0v) is 17.0. The van der Waals surface area contributed by atoms with Gasteiger partial charge < -0.3 is 14.2 Å². The van der Waals surface area contributed by atoms with Crippen LogP contribution in [0.1, 0.15) is 42.4 Å². The van der Waals surface area contributed by atoms with E-state index in [0.29, 0.717) is 37.8 Å². The Hall–Kier alpha value is -2.89. The predicted molar refractivity (Wildman–Crippen MR) is 112 cm³/mol. The normalized spacial score (nSPS) is 19.7. The highest BCUT2D eigenvalue weighted by molar-refractivity contribution is 5.79. The van der Waals surface area contributed by atoms with Crippen LogP contribution in [0.5, 0.6) is 0 Å². The molecule has 1 saturated carbocycles. The zero-order chi connectivity index (χ0) is 20.0. The molecule has 29 heavy (non-hydrogen) atoms. The molecule has 6 heteroatoms. The van der Waals surface area contributed by atoms with Crippen molar-refractivity contribution in [1.82, 2.24) is 14.9 Å². The summed E-state index contributed by atoms with van der Waals surface area (Å²) in [5.74, 6) is 0.935. The summed E-state index contributed by atoms with van der Waals surface area (Å²) in [6, 6.07) is 11.3. The second kappa shape index (κ2) is 7.17. The molecule has 0 bridgehead atoms. The summed E-state index contributed by atoms with van der Waals surface area (Å²) >= 11 is 0. The summed E-state index contributed by atoms with van der Waals surface area (Å²) in [4.78, 5) is 25.8. The highest BCUT2D eigenvalue weighted by Gasteiger charge is 2.30. The molecule has 0 N–H and O–H groups in total. The van der Waals surface area contributed by atoms with Crippen molar-refractivity contribution in [2.75, 3.05) is 24.5 Å². The molecule has 5 rings (SSSR count). The van der Waals surface area contributed by atoms with E-state index in [1.54, 1.807) is 6.20 Å². The Labute approximate surface area is 170 Å². The van der Waals surface area contributed by atoms with Gasteiger partial charge in [-0.3, -0.25) is 4.79 Å². The summed E-state index contributed by atoms with van der Waals surface area (Å²) in [5.41, 5.74) is 4.90. The molecule has 3 aromatic rings. The first-order chi connectivity index (χ1) is 14.1. The van der Waals surface area contributed by atoms with E-state index in [0.717, 1.165) is 22.6 Å². The van der Waals surface area contributed by atoms with Gasteiger partial charge in [-0.05, 0) is 55.4 Å². The Morgan fingerprint density at radius 1 is 1.21 bits per heavy atom. The molecule has 0 spiro atoms. The van der Waals surface area contributed by atoms with Crippen LogP contribution in [0.3, 0.4) is 0 Å². The number of piperazine rings is 1. The monoisotopic (exact) mass is 390 g/mol. The molecule has 1 saturated heterocycles. The number of aromatic nitrogens is 2. The lowest BCUT2D eigenvalue weighted by Crippen LogP contribution is -2.54. The molecule has 2 fully saturated rings. The van der Waals surface area contributed by atoms with Crippen molar-refractivity contribution >= 4 is 23.2 Å². The fraction of sp³-hybridized carbons (Fsp3) is 0.435. The summed E-state index contributed by atoms with van der Waals surface area (Å²) in [7, 11) is 0. The van der Waals surface area contributed by atoms with Gasteiger partial charge in [0.2, 0.25) is 11.6 Å². The number of aryl methyl sites for hydroxylation is 1. The highest BCUT2D eigenvalue weighted by Crippen LogP contribution is 2.39. The standard InChI is InChI=1S/C23H26N4O2/c1-15-11-20-22(24-13-15)29-23(25-20)27-10-9-26(14-16(27)2)21(28)12-17-3-5-18(6-4-17)19-7-8-19/h3-6,11,13,16,19H,7-10,12,14H2,1-2H3/t16-/m0/s1. The van der Waals surface area contributed by atoms with E-state index < -0.39 is 0 Å². The third-order valence-corrected chi connectivity index (χ3v) is 5.98. The van der Waals surface area contributed by atoms with E-state index in [1.165, 1.54) is 18.4 Å². The number of amides is 1. The molecule has 1 aliphatic heterocycles. The molecule has 1 atom stereocenters. The minimum atomic E-state index is 0.138. The minimum absolute atomic E-state index is 0.138. The van der Waals surface area contributed by atoms with Gasteiger partial charge in [-0.1, -0.05) is 24.3 Å². The first-order valence-corrected chi connectivity index (χ1v) is 10.4. The number of hydrogen-bond acceptors (Lipinski definition) is 5. The lowest BCUT2D eigenvalue weighted by atomic mass is 10.1. The van der Waals surface area contributed by atoms with Crippen molar-refractivity contribution in [2.45, 2.75) is 45.1 Å². The minimum Gasteiger partial charge on any atom is -0.404 e. The maximum Gasteiger partial charge on any atom is 0.300 e. The number of fused-ring (bicyclic) bond motifs is 1.